The van der Waals surface area contributed by atoms with Gasteiger partial charge in [-0.25, -0.2) is 0 Å². The van der Waals surface area contributed by atoms with E-state index in [1.807, 2.05) is 6.07 Å². The summed E-state index contributed by atoms with van der Waals surface area (Å²) < 4.78 is 11.8. The van der Waals surface area contributed by atoms with Crippen LogP contribution in [0.25, 0.3) is 0 Å². The normalized spacial score (nSPS) is 17.0. The Labute approximate surface area is 104 Å². The van der Waals surface area contributed by atoms with Gasteiger partial charge in [-0.3, -0.25) is 0 Å². The fourth-order valence-corrected chi connectivity index (χ4v) is 2.50. The third kappa shape index (κ3) is 1.80. The SMILES string of the molecule is COc1cc(Br)cc(C2(CN)CC2)c1OC. The predicted octanol–water partition coefficient (Wildman–Crippen LogP) is 2.46. The topological polar surface area (TPSA) is 44.5 Å². The number of nitrogens with two attached hydrogens (primary N) is 1. The molecule has 16 heavy (non-hydrogen) atoms. The van der Waals surface area contributed by atoms with Gasteiger partial charge in [-0.1, -0.05) is 15.9 Å². The summed E-state index contributed by atoms with van der Waals surface area (Å²) in [4.78, 5) is 0. The van der Waals surface area contributed by atoms with Crippen molar-refractivity contribution in [3.05, 3.63) is 22.2 Å². The summed E-state index contributed by atoms with van der Waals surface area (Å²) in [6.07, 6.45) is 2.25. The Kier molecular flexibility index (Phi) is 3.13. The first-order valence-electron chi connectivity index (χ1n) is 5.29. The van der Waals surface area contributed by atoms with Crippen LogP contribution >= 0.6 is 15.9 Å². The van der Waals surface area contributed by atoms with Crippen LogP contribution in [0.15, 0.2) is 16.6 Å². The zero-order valence-electron chi connectivity index (χ0n) is 9.55. The van der Waals surface area contributed by atoms with E-state index in [-0.39, 0.29) is 5.41 Å². The van der Waals surface area contributed by atoms with Crippen LogP contribution in [-0.2, 0) is 5.41 Å². The quantitative estimate of drug-likeness (QED) is 0.924. The molecule has 4 heteroatoms. The molecule has 2 N–H and O–H groups in total. The molecule has 0 aliphatic heterocycles. The Morgan fingerprint density at radius 1 is 1.31 bits per heavy atom. The lowest BCUT2D eigenvalue weighted by Gasteiger charge is -2.19. The van der Waals surface area contributed by atoms with Crippen LogP contribution < -0.4 is 15.2 Å². The van der Waals surface area contributed by atoms with E-state index >= 15 is 0 Å². The summed E-state index contributed by atoms with van der Waals surface area (Å²) >= 11 is 3.49. The monoisotopic (exact) mass is 285 g/mol. The first-order chi connectivity index (χ1) is 7.66. The van der Waals surface area contributed by atoms with Gasteiger partial charge in [0, 0.05) is 22.0 Å². The molecule has 0 radical (unpaired) electrons. The van der Waals surface area contributed by atoms with Crippen molar-refractivity contribution in [1.82, 2.24) is 0 Å². The summed E-state index contributed by atoms with van der Waals surface area (Å²) in [6, 6.07) is 4.00. The van der Waals surface area contributed by atoms with Gasteiger partial charge in [-0.2, -0.15) is 0 Å². The van der Waals surface area contributed by atoms with Crippen molar-refractivity contribution < 1.29 is 9.47 Å². The number of ether oxygens (including phenoxy) is 2. The maximum absolute atomic E-state index is 5.85. The van der Waals surface area contributed by atoms with Gasteiger partial charge >= 0.3 is 0 Å². The molecule has 0 unspecified atom stereocenters. The number of methoxy groups -OCH3 is 2. The van der Waals surface area contributed by atoms with Gasteiger partial charge in [0.1, 0.15) is 0 Å². The fourth-order valence-electron chi connectivity index (χ4n) is 2.06. The van der Waals surface area contributed by atoms with E-state index in [1.54, 1.807) is 14.2 Å². The van der Waals surface area contributed by atoms with Crippen LogP contribution in [0.5, 0.6) is 11.5 Å². The average molecular weight is 286 g/mol. The van der Waals surface area contributed by atoms with Crippen molar-refractivity contribution in [1.29, 1.82) is 0 Å². The minimum atomic E-state index is 0.0996. The number of hydrogen-bond acceptors (Lipinski definition) is 3. The number of benzene rings is 1. The van der Waals surface area contributed by atoms with Crippen LogP contribution in [0.4, 0.5) is 0 Å². The van der Waals surface area contributed by atoms with Crippen LogP contribution in [0.3, 0.4) is 0 Å². The highest BCUT2D eigenvalue weighted by Crippen LogP contribution is 2.53. The average Bonchev–Trinajstić information content (AvgIpc) is 3.08. The smallest absolute Gasteiger partial charge is 0.164 e. The van der Waals surface area contributed by atoms with Gasteiger partial charge in [-0.15, -0.1) is 0 Å². The van der Waals surface area contributed by atoms with E-state index < -0.39 is 0 Å². The predicted molar refractivity (Wildman–Crippen MR) is 67.2 cm³/mol. The molecule has 1 fully saturated rings. The summed E-state index contributed by atoms with van der Waals surface area (Å²) in [5, 5.41) is 0. The Bertz CT molecular complexity index is 402. The molecule has 1 aromatic carbocycles. The van der Waals surface area contributed by atoms with Crippen molar-refractivity contribution >= 4 is 15.9 Å². The molecular formula is C12H16BrNO2. The molecule has 3 nitrogen and oxygen atoms in total. The first kappa shape index (κ1) is 11.7. The fraction of sp³-hybridized carbons (Fsp3) is 0.500. The number of halogens is 1. The Morgan fingerprint density at radius 2 is 2.00 bits per heavy atom. The third-order valence-electron chi connectivity index (χ3n) is 3.26. The zero-order chi connectivity index (χ0) is 11.8. The molecule has 0 amide bonds. The lowest BCUT2D eigenvalue weighted by Crippen LogP contribution is -2.20. The molecule has 1 aliphatic carbocycles. The van der Waals surface area contributed by atoms with Gasteiger partial charge in [0.15, 0.2) is 11.5 Å². The highest BCUT2D eigenvalue weighted by Gasteiger charge is 2.45. The van der Waals surface area contributed by atoms with Gasteiger partial charge in [0.2, 0.25) is 0 Å². The van der Waals surface area contributed by atoms with Crippen molar-refractivity contribution in [2.24, 2.45) is 5.73 Å². The lowest BCUT2D eigenvalue weighted by molar-refractivity contribution is 0.348. The molecule has 1 aromatic rings. The molecule has 2 rings (SSSR count). The van der Waals surface area contributed by atoms with E-state index in [2.05, 4.69) is 22.0 Å². The lowest BCUT2D eigenvalue weighted by atomic mass is 9.95. The molecule has 0 bridgehead atoms. The van der Waals surface area contributed by atoms with Gasteiger partial charge < -0.3 is 15.2 Å². The van der Waals surface area contributed by atoms with E-state index in [0.717, 1.165) is 34.4 Å². The van der Waals surface area contributed by atoms with Crippen LogP contribution in [0, 0.1) is 0 Å². The second-order valence-electron chi connectivity index (χ2n) is 4.17. The van der Waals surface area contributed by atoms with Gasteiger partial charge in [0.05, 0.1) is 14.2 Å². The summed E-state index contributed by atoms with van der Waals surface area (Å²) in [5.74, 6) is 1.57. The Balaban J connectivity index is 2.54. The zero-order valence-corrected chi connectivity index (χ0v) is 11.1. The standard InChI is InChI=1S/C12H16BrNO2/c1-15-10-6-8(13)5-9(11(10)16-2)12(7-14)3-4-12/h5-6H,3-4,7,14H2,1-2H3. The molecule has 0 aromatic heterocycles. The van der Waals surface area contributed by atoms with Crippen molar-refractivity contribution in [2.75, 3.05) is 20.8 Å². The summed E-state index contributed by atoms with van der Waals surface area (Å²) in [5.41, 5.74) is 7.11. The second-order valence-corrected chi connectivity index (χ2v) is 5.09. The third-order valence-corrected chi connectivity index (χ3v) is 3.72. The first-order valence-corrected chi connectivity index (χ1v) is 6.08. The highest BCUT2D eigenvalue weighted by molar-refractivity contribution is 9.10. The maximum Gasteiger partial charge on any atom is 0.164 e. The molecule has 1 saturated carbocycles. The van der Waals surface area contributed by atoms with Crippen LogP contribution in [-0.4, -0.2) is 20.8 Å². The molecule has 1 aliphatic rings. The molecule has 0 atom stereocenters. The van der Waals surface area contributed by atoms with Gasteiger partial charge in [-0.05, 0) is 25.0 Å². The van der Waals surface area contributed by atoms with Crippen LogP contribution in [0.1, 0.15) is 18.4 Å². The molecule has 0 heterocycles. The maximum atomic E-state index is 5.85. The second kappa shape index (κ2) is 4.26. The Morgan fingerprint density at radius 3 is 2.44 bits per heavy atom. The minimum Gasteiger partial charge on any atom is -0.493 e. The molecule has 0 saturated heterocycles. The van der Waals surface area contributed by atoms with Gasteiger partial charge in [0.25, 0.3) is 0 Å². The van der Waals surface area contributed by atoms with Crippen molar-refractivity contribution in [2.45, 2.75) is 18.3 Å². The number of hydrogen-bond donors (Lipinski definition) is 1. The molecule has 0 spiro atoms. The summed E-state index contributed by atoms with van der Waals surface area (Å²) in [6.45, 7) is 0.656. The van der Waals surface area contributed by atoms with Crippen molar-refractivity contribution in [3.63, 3.8) is 0 Å². The van der Waals surface area contributed by atoms with E-state index in [1.165, 1.54) is 0 Å². The molecule has 88 valence electrons. The number of rotatable bonds is 4. The van der Waals surface area contributed by atoms with Crippen LogP contribution in [0.2, 0.25) is 0 Å². The van der Waals surface area contributed by atoms with E-state index in [0.29, 0.717) is 6.54 Å². The minimum absolute atomic E-state index is 0.0996. The highest BCUT2D eigenvalue weighted by atomic mass is 79.9. The Hall–Kier alpha value is -0.740. The van der Waals surface area contributed by atoms with Crippen molar-refractivity contribution in [3.8, 4) is 11.5 Å². The van der Waals surface area contributed by atoms with E-state index in [9.17, 15) is 0 Å². The molecular weight excluding hydrogens is 270 g/mol. The van der Waals surface area contributed by atoms with E-state index in [4.69, 9.17) is 15.2 Å². The largest absolute Gasteiger partial charge is 0.493 e. The summed E-state index contributed by atoms with van der Waals surface area (Å²) in [7, 11) is 3.32.